The predicted molar refractivity (Wildman–Crippen MR) is 80.9 cm³/mol. The molecule has 0 aromatic carbocycles. The van der Waals surface area contributed by atoms with E-state index in [1.54, 1.807) is 0 Å². The topological polar surface area (TPSA) is 43.8 Å². The third kappa shape index (κ3) is 3.95. The average Bonchev–Trinajstić information content (AvgIpc) is 2.42. The van der Waals surface area contributed by atoms with Gasteiger partial charge in [-0.3, -0.25) is 9.69 Å². The maximum absolute atomic E-state index is 11.3. The number of carboxylic acids is 1. The van der Waals surface area contributed by atoms with Crippen LogP contribution >= 0.6 is 0 Å². The maximum atomic E-state index is 11.3. The molecule has 2 rings (SSSR count). The summed E-state index contributed by atoms with van der Waals surface area (Å²) in [5, 5.41) is 9.32. The molecule has 0 spiro atoms. The van der Waals surface area contributed by atoms with Crippen molar-refractivity contribution in [2.45, 2.75) is 64.5 Å². The molecule has 4 heteroatoms. The number of aliphatic carboxylic acids is 1. The van der Waals surface area contributed by atoms with E-state index in [2.05, 4.69) is 16.7 Å². The Morgan fingerprint density at radius 2 is 2.05 bits per heavy atom. The number of piperidine rings is 2. The zero-order valence-electron chi connectivity index (χ0n) is 13.1. The fraction of sp³-hybridized carbons (Fsp3) is 0.938. The van der Waals surface area contributed by atoms with E-state index in [-0.39, 0.29) is 6.04 Å². The van der Waals surface area contributed by atoms with E-state index in [1.165, 1.54) is 32.2 Å². The Kier molecular flexibility index (Phi) is 5.85. The van der Waals surface area contributed by atoms with Crippen molar-refractivity contribution >= 4 is 5.97 Å². The van der Waals surface area contributed by atoms with E-state index < -0.39 is 5.97 Å². The molecule has 0 amide bonds. The first-order valence-corrected chi connectivity index (χ1v) is 8.32. The normalized spacial score (nSPS) is 31.1. The first-order chi connectivity index (χ1) is 9.61. The van der Waals surface area contributed by atoms with Crippen LogP contribution in [0.3, 0.4) is 0 Å². The van der Waals surface area contributed by atoms with Crippen molar-refractivity contribution in [3.05, 3.63) is 0 Å². The van der Waals surface area contributed by atoms with Gasteiger partial charge in [-0.1, -0.05) is 13.3 Å². The molecule has 20 heavy (non-hydrogen) atoms. The van der Waals surface area contributed by atoms with E-state index in [9.17, 15) is 9.90 Å². The largest absolute Gasteiger partial charge is 0.480 e. The Balaban J connectivity index is 1.88. The molecule has 0 saturated carbocycles. The maximum Gasteiger partial charge on any atom is 0.320 e. The van der Waals surface area contributed by atoms with Gasteiger partial charge in [0, 0.05) is 19.1 Å². The molecule has 4 nitrogen and oxygen atoms in total. The van der Waals surface area contributed by atoms with Crippen LogP contribution in [0.1, 0.15) is 52.4 Å². The number of likely N-dealkylation sites (tertiary alicyclic amines) is 2. The fourth-order valence-electron chi connectivity index (χ4n) is 3.88. The van der Waals surface area contributed by atoms with E-state index in [0.717, 1.165) is 26.1 Å². The fourth-order valence-corrected chi connectivity index (χ4v) is 3.88. The molecule has 1 N–H and O–H groups in total. The van der Waals surface area contributed by atoms with Crippen LogP contribution in [0.15, 0.2) is 0 Å². The summed E-state index contributed by atoms with van der Waals surface area (Å²) in [4.78, 5) is 16.2. The van der Waals surface area contributed by atoms with Crippen molar-refractivity contribution in [2.24, 2.45) is 5.92 Å². The molecule has 0 aliphatic carbocycles. The van der Waals surface area contributed by atoms with Crippen molar-refractivity contribution in [2.75, 3.05) is 26.2 Å². The summed E-state index contributed by atoms with van der Waals surface area (Å²) in [6, 6.07) is 0.428. The predicted octanol–water partition coefficient (Wildman–Crippen LogP) is 2.44. The minimum Gasteiger partial charge on any atom is -0.480 e. The second kappa shape index (κ2) is 7.41. The zero-order valence-corrected chi connectivity index (χ0v) is 13.1. The lowest BCUT2D eigenvalue weighted by molar-refractivity contribution is -0.144. The second-order valence-corrected chi connectivity index (χ2v) is 6.61. The number of hydrogen-bond donors (Lipinski definition) is 1. The molecule has 2 heterocycles. The Morgan fingerprint density at radius 1 is 1.25 bits per heavy atom. The van der Waals surface area contributed by atoms with Crippen LogP contribution in [0.2, 0.25) is 0 Å². The van der Waals surface area contributed by atoms with E-state index in [0.29, 0.717) is 18.4 Å². The second-order valence-electron chi connectivity index (χ2n) is 6.61. The summed E-state index contributed by atoms with van der Waals surface area (Å²) < 4.78 is 0. The van der Waals surface area contributed by atoms with Gasteiger partial charge in [0.05, 0.1) is 0 Å². The molecule has 3 atom stereocenters. The monoisotopic (exact) mass is 282 g/mol. The number of nitrogens with zero attached hydrogens (tertiary/aromatic N) is 2. The molecule has 2 saturated heterocycles. The Morgan fingerprint density at radius 3 is 2.70 bits per heavy atom. The first-order valence-electron chi connectivity index (χ1n) is 8.32. The number of carbonyl (C=O) groups is 1. The summed E-state index contributed by atoms with van der Waals surface area (Å²) in [6.45, 7) is 8.63. The number of hydrogen-bond acceptors (Lipinski definition) is 3. The summed E-state index contributed by atoms with van der Waals surface area (Å²) >= 11 is 0. The number of rotatable bonds is 5. The van der Waals surface area contributed by atoms with Gasteiger partial charge >= 0.3 is 5.97 Å². The van der Waals surface area contributed by atoms with Gasteiger partial charge in [0.25, 0.3) is 0 Å². The lowest BCUT2D eigenvalue weighted by Crippen LogP contribution is -2.50. The molecule has 0 aromatic rings. The van der Waals surface area contributed by atoms with Crippen molar-refractivity contribution < 1.29 is 9.90 Å². The van der Waals surface area contributed by atoms with Gasteiger partial charge in [0.1, 0.15) is 6.04 Å². The van der Waals surface area contributed by atoms with Gasteiger partial charge in [-0.15, -0.1) is 0 Å². The minimum atomic E-state index is -0.653. The molecule has 0 bridgehead atoms. The van der Waals surface area contributed by atoms with Crippen molar-refractivity contribution in [3.8, 4) is 0 Å². The van der Waals surface area contributed by atoms with E-state index in [1.807, 2.05) is 6.92 Å². The lowest BCUT2D eigenvalue weighted by atomic mass is 9.93. The van der Waals surface area contributed by atoms with Crippen molar-refractivity contribution in [1.29, 1.82) is 0 Å². The van der Waals surface area contributed by atoms with Gasteiger partial charge in [-0.05, 0) is 58.0 Å². The first kappa shape index (κ1) is 15.8. The van der Waals surface area contributed by atoms with Crippen LogP contribution in [0, 0.1) is 5.92 Å². The van der Waals surface area contributed by atoms with Crippen LogP contribution < -0.4 is 0 Å². The standard InChI is InChI=1S/C16H30N2O2/c1-3-15(16(19)20)18-10-6-8-14(12-18)11-17-9-5-4-7-13(17)2/h13-15H,3-12H2,1-2H3,(H,19,20). The zero-order chi connectivity index (χ0) is 14.5. The van der Waals surface area contributed by atoms with Crippen LogP contribution in [0.4, 0.5) is 0 Å². The highest BCUT2D eigenvalue weighted by molar-refractivity contribution is 5.73. The summed E-state index contributed by atoms with van der Waals surface area (Å²) in [6.07, 6.45) is 7.14. The highest BCUT2D eigenvalue weighted by atomic mass is 16.4. The Hall–Kier alpha value is -0.610. The Labute approximate surface area is 123 Å². The van der Waals surface area contributed by atoms with Crippen molar-refractivity contribution in [3.63, 3.8) is 0 Å². The SMILES string of the molecule is CCC(C(=O)O)N1CCCC(CN2CCCCC2C)C1. The third-order valence-corrected chi connectivity index (χ3v) is 5.10. The quantitative estimate of drug-likeness (QED) is 0.841. The smallest absolute Gasteiger partial charge is 0.320 e. The summed E-state index contributed by atoms with van der Waals surface area (Å²) in [7, 11) is 0. The Bertz CT molecular complexity index is 322. The molecular formula is C16H30N2O2. The van der Waals surface area contributed by atoms with Crippen LogP contribution in [-0.2, 0) is 4.79 Å². The highest BCUT2D eigenvalue weighted by Gasteiger charge is 2.30. The van der Waals surface area contributed by atoms with Gasteiger partial charge in [-0.2, -0.15) is 0 Å². The molecule has 2 aliphatic rings. The summed E-state index contributed by atoms with van der Waals surface area (Å²) in [5.41, 5.74) is 0. The third-order valence-electron chi connectivity index (χ3n) is 5.10. The van der Waals surface area contributed by atoms with Gasteiger partial charge in [0.15, 0.2) is 0 Å². The highest BCUT2D eigenvalue weighted by Crippen LogP contribution is 2.24. The molecular weight excluding hydrogens is 252 g/mol. The van der Waals surface area contributed by atoms with E-state index in [4.69, 9.17) is 0 Å². The summed E-state index contributed by atoms with van der Waals surface area (Å²) in [5.74, 6) is -0.00260. The van der Waals surface area contributed by atoms with Gasteiger partial charge in [-0.25, -0.2) is 0 Å². The van der Waals surface area contributed by atoms with Gasteiger partial charge < -0.3 is 10.0 Å². The van der Waals surface area contributed by atoms with E-state index >= 15 is 0 Å². The van der Waals surface area contributed by atoms with Crippen LogP contribution in [-0.4, -0.2) is 59.1 Å². The molecule has 3 unspecified atom stereocenters. The number of carboxylic acid groups (broad SMARTS) is 1. The molecule has 0 aromatic heterocycles. The van der Waals surface area contributed by atoms with Crippen LogP contribution in [0.5, 0.6) is 0 Å². The minimum absolute atomic E-state index is 0.281. The lowest BCUT2D eigenvalue weighted by Gasteiger charge is -2.41. The molecule has 0 radical (unpaired) electrons. The average molecular weight is 282 g/mol. The molecule has 116 valence electrons. The van der Waals surface area contributed by atoms with Crippen LogP contribution in [0.25, 0.3) is 0 Å². The van der Waals surface area contributed by atoms with Gasteiger partial charge in [0.2, 0.25) is 0 Å². The molecule has 2 aliphatic heterocycles. The van der Waals surface area contributed by atoms with Crippen molar-refractivity contribution in [1.82, 2.24) is 9.80 Å². The molecule has 2 fully saturated rings.